The lowest BCUT2D eigenvalue weighted by Gasteiger charge is -2.33. The molecule has 2 fully saturated rings. The standard InChI is InChI=1S/C14H18F2N2O2/c1-10-6-12(20-9-11-8-19-11)13(17-7-10)18-4-2-14(15,16)3-5-18/h6-7,11H,2-5,8-9H2,1H3/t11-/m0/s1. The first-order valence-electron chi connectivity index (χ1n) is 6.87. The van der Waals surface area contributed by atoms with E-state index in [4.69, 9.17) is 9.47 Å². The summed E-state index contributed by atoms with van der Waals surface area (Å²) in [5.41, 5.74) is 0.989. The summed E-state index contributed by atoms with van der Waals surface area (Å²) in [5.74, 6) is -1.23. The smallest absolute Gasteiger partial charge is 0.251 e. The Morgan fingerprint density at radius 3 is 2.80 bits per heavy atom. The average Bonchev–Trinajstić information content (AvgIpc) is 3.21. The molecule has 2 aliphatic heterocycles. The van der Waals surface area contributed by atoms with E-state index in [1.54, 1.807) is 6.20 Å². The van der Waals surface area contributed by atoms with Crippen molar-refractivity contribution in [3.05, 3.63) is 17.8 Å². The first-order chi connectivity index (χ1) is 9.53. The number of epoxide rings is 1. The lowest BCUT2D eigenvalue weighted by molar-refractivity contribution is -0.0222. The third-order valence-electron chi connectivity index (χ3n) is 3.59. The third kappa shape index (κ3) is 3.17. The van der Waals surface area contributed by atoms with E-state index in [0.717, 1.165) is 12.2 Å². The fourth-order valence-electron chi connectivity index (χ4n) is 2.27. The van der Waals surface area contributed by atoms with E-state index in [1.807, 2.05) is 17.9 Å². The van der Waals surface area contributed by atoms with Crippen molar-refractivity contribution in [3.8, 4) is 5.75 Å². The van der Waals surface area contributed by atoms with Crippen LogP contribution in [-0.4, -0.2) is 43.3 Å². The van der Waals surface area contributed by atoms with Gasteiger partial charge < -0.3 is 14.4 Å². The van der Waals surface area contributed by atoms with Gasteiger partial charge in [0.25, 0.3) is 5.92 Å². The number of anilines is 1. The summed E-state index contributed by atoms with van der Waals surface area (Å²) in [7, 11) is 0. The molecule has 0 bridgehead atoms. The molecule has 2 aliphatic rings. The van der Waals surface area contributed by atoms with Gasteiger partial charge in [-0.25, -0.2) is 13.8 Å². The molecule has 1 aromatic heterocycles. The van der Waals surface area contributed by atoms with Gasteiger partial charge >= 0.3 is 0 Å². The van der Waals surface area contributed by atoms with E-state index < -0.39 is 5.92 Å². The summed E-state index contributed by atoms with van der Waals surface area (Å²) < 4.78 is 37.3. The highest BCUT2D eigenvalue weighted by molar-refractivity contribution is 5.53. The highest BCUT2D eigenvalue weighted by Crippen LogP contribution is 2.34. The summed E-state index contributed by atoms with van der Waals surface area (Å²) >= 11 is 0. The van der Waals surface area contributed by atoms with Gasteiger partial charge in [-0.15, -0.1) is 0 Å². The minimum atomic E-state index is -2.55. The Kier molecular flexibility index (Phi) is 3.50. The molecule has 3 heterocycles. The zero-order chi connectivity index (χ0) is 14.2. The number of halogens is 2. The number of hydrogen-bond donors (Lipinski definition) is 0. The van der Waals surface area contributed by atoms with Crippen LogP contribution >= 0.6 is 0 Å². The summed E-state index contributed by atoms with van der Waals surface area (Å²) in [6, 6.07) is 1.90. The first-order valence-corrected chi connectivity index (χ1v) is 6.87. The minimum Gasteiger partial charge on any atom is -0.487 e. The number of piperidine rings is 1. The van der Waals surface area contributed by atoms with Crippen molar-refractivity contribution in [1.29, 1.82) is 0 Å². The monoisotopic (exact) mass is 284 g/mol. The SMILES string of the molecule is Cc1cnc(N2CCC(F)(F)CC2)c(OC[C@@H]2CO2)c1. The average molecular weight is 284 g/mol. The van der Waals surface area contributed by atoms with Gasteiger partial charge in [0, 0.05) is 32.1 Å². The summed E-state index contributed by atoms with van der Waals surface area (Å²) in [5, 5.41) is 0. The van der Waals surface area contributed by atoms with E-state index >= 15 is 0 Å². The summed E-state index contributed by atoms with van der Waals surface area (Å²) in [4.78, 5) is 6.24. The van der Waals surface area contributed by atoms with Crippen molar-refractivity contribution in [2.75, 3.05) is 31.2 Å². The largest absolute Gasteiger partial charge is 0.487 e. The van der Waals surface area contributed by atoms with E-state index in [2.05, 4.69) is 4.98 Å². The quantitative estimate of drug-likeness (QED) is 0.796. The Hall–Kier alpha value is -1.43. The van der Waals surface area contributed by atoms with Gasteiger partial charge in [0.2, 0.25) is 0 Å². The van der Waals surface area contributed by atoms with Crippen LogP contribution in [0.3, 0.4) is 0 Å². The van der Waals surface area contributed by atoms with Crippen LogP contribution in [0.2, 0.25) is 0 Å². The molecule has 0 amide bonds. The zero-order valence-corrected chi connectivity index (χ0v) is 11.4. The number of pyridine rings is 1. The molecule has 0 saturated carbocycles. The maximum absolute atomic E-state index is 13.2. The number of alkyl halides is 2. The molecule has 0 spiro atoms. The highest BCUT2D eigenvalue weighted by Gasteiger charge is 2.35. The van der Waals surface area contributed by atoms with Crippen LogP contribution in [0.1, 0.15) is 18.4 Å². The van der Waals surface area contributed by atoms with Crippen LogP contribution in [0.5, 0.6) is 5.75 Å². The molecule has 2 saturated heterocycles. The van der Waals surface area contributed by atoms with E-state index in [0.29, 0.717) is 31.3 Å². The fourth-order valence-corrected chi connectivity index (χ4v) is 2.27. The predicted molar refractivity (Wildman–Crippen MR) is 70.6 cm³/mol. The third-order valence-corrected chi connectivity index (χ3v) is 3.59. The number of nitrogens with zero attached hydrogens (tertiary/aromatic N) is 2. The number of rotatable bonds is 4. The van der Waals surface area contributed by atoms with Crippen LogP contribution in [0.15, 0.2) is 12.3 Å². The zero-order valence-electron chi connectivity index (χ0n) is 11.4. The molecule has 0 aromatic carbocycles. The number of aromatic nitrogens is 1. The van der Waals surface area contributed by atoms with Crippen LogP contribution in [-0.2, 0) is 4.74 Å². The van der Waals surface area contributed by atoms with Gasteiger partial charge in [-0.3, -0.25) is 0 Å². The molecule has 20 heavy (non-hydrogen) atoms. The van der Waals surface area contributed by atoms with Crippen molar-refractivity contribution in [2.45, 2.75) is 31.8 Å². The maximum Gasteiger partial charge on any atom is 0.251 e. The number of hydrogen-bond acceptors (Lipinski definition) is 4. The van der Waals surface area contributed by atoms with E-state index in [-0.39, 0.29) is 18.9 Å². The molecular weight excluding hydrogens is 266 g/mol. The Labute approximate surface area is 116 Å². The van der Waals surface area contributed by atoms with Gasteiger partial charge in [0.1, 0.15) is 12.7 Å². The lowest BCUT2D eigenvalue weighted by Crippen LogP contribution is -2.40. The second-order valence-electron chi connectivity index (χ2n) is 5.44. The highest BCUT2D eigenvalue weighted by atomic mass is 19.3. The molecule has 3 rings (SSSR count). The molecule has 0 unspecified atom stereocenters. The van der Waals surface area contributed by atoms with Crippen LogP contribution < -0.4 is 9.64 Å². The van der Waals surface area contributed by atoms with Gasteiger partial charge in [0.05, 0.1) is 6.61 Å². The second-order valence-corrected chi connectivity index (χ2v) is 5.44. The topological polar surface area (TPSA) is 37.9 Å². The van der Waals surface area contributed by atoms with Crippen molar-refractivity contribution in [3.63, 3.8) is 0 Å². The Morgan fingerprint density at radius 1 is 1.45 bits per heavy atom. The van der Waals surface area contributed by atoms with Crippen LogP contribution in [0.4, 0.5) is 14.6 Å². The Morgan fingerprint density at radius 2 is 2.15 bits per heavy atom. The molecule has 1 aromatic rings. The van der Waals surface area contributed by atoms with Crippen molar-refractivity contribution >= 4 is 5.82 Å². The van der Waals surface area contributed by atoms with Gasteiger partial charge in [-0.2, -0.15) is 0 Å². The predicted octanol–water partition coefficient (Wildman–Crippen LogP) is 2.40. The Balaban J connectivity index is 1.73. The molecule has 0 N–H and O–H groups in total. The van der Waals surface area contributed by atoms with Crippen LogP contribution in [0, 0.1) is 6.92 Å². The van der Waals surface area contributed by atoms with Gasteiger partial charge in [-0.1, -0.05) is 0 Å². The molecular formula is C14H18F2N2O2. The molecule has 0 aliphatic carbocycles. The van der Waals surface area contributed by atoms with E-state index in [1.165, 1.54) is 0 Å². The molecule has 0 radical (unpaired) electrons. The minimum absolute atomic E-state index is 0.131. The van der Waals surface area contributed by atoms with E-state index in [9.17, 15) is 8.78 Å². The fraction of sp³-hybridized carbons (Fsp3) is 0.643. The van der Waals surface area contributed by atoms with Crippen LogP contribution in [0.25, 0.3) is 0 Å². The van der Waals surface area contributed by atoms with Gasteiger partial charge in [-0.05, 0) is 18.6 Å². The van der Waals surface area contributed by atoms with Crippen molar-refractivity contribution in [2.24, 2.45) is 0 Å². The van der Waals surface area contributed by atoms with Crippen molar-refractivity contribution < 1.29 is 18.3 Å². The Bertz CT molecular complexity index is 482. The second kappa shape index (κ2) is 5.16. The first kappa shape index (κ1) is 13.5. The molecule has 4 nitrogen and oxygen atoms in total. The molecule has 6 heteroatoms. The molecule has 110 valence electrons. The normalized spacial score (nSPS) is 24.6. The maximum atomic E-state index is 13.2. The summed E-state index contributed by atoms with van der Waals surface area (Å²) in [6.45, 7) is 3.76. The van der Waals surface area contributed by atoms with Gasteiger partial charge in [0.15, 0.2) is 11.6 Å². The summed E-state index contributed by atoms with van der Waals surface area (Å²) in [6.07, 6.45) is 1.64. The van der Waals surface area contributed by atoms with Crippen molar-refractivity contribution in [1.82, 2.24) is 4.98 Å². The number of aryl methyl sites for hydroxylation is 1. The lowest BCUT2D eigenvalue weighted by atomic mass is 10.1. The number of ether oxygens (including phenoxy) is 2. The molecule has 1 atom stereocenters.